The van der Waals surface area contributed by atoms with Crippen molar-refractivity contribution in [3.05, 3.63) is 17.0 Å². The maximum atomic E-state index is 12.7. The molecule has 126 valence electrons. The summed E-state index contributed by atoms with van der Waals surface area (Å²) >= 11 is 0. The Bertz CT molecular complexity index is 622. The third-order valence-electron chi connectivity index (χ3n) is 5.17. The van der Waals surface area contributed by atoms with Gasteiger partial charge in [0.15, 0.2) is 5.78 Å². The summed E-state index contributed by atoms with van der Waals surface area (Å²) in [6.45, 7) is 9.40. The summed E-state index contributed by atoms with van der Waals surface area (Å²) in [7, 11) is 0. The molecule has 1 aromatic heterocycles. The first kappa shape index (κ1) is 16.2. The van der Waals surface area contributed by atoms with Crippen molar-refractivity contribution in [1.82, 2.24) is 19.6 Å². The molecule has 6 heteroatoms. The maximum absolute atomic E-state index is 12.7. The van der Waals surface area contributed by atoms with Gasteiger partial charge < -0.3 is 4.90 Å². The maximum Gasteiger partial charge on any atom is 0.244 e. The Hall–Kier alpha value is -1.69. The van der Waals surface area contributed by atoms with Crippen LogP contribution in [0.25, 0.3) is 0 Å². The highest BCUT2D eigenvalue weighted by Gasteiger charge is 2.30. The van der Waals surface area contributed by atoms with E-state index in [0.717, 1.165) is 31.7 Å². The summed E-state index contributed by atoms with van der Waals surface area (Å²) in [5.41, 5.74) is 2.15. The molecular weight excluding hydrogens is 292 g/mol. The van der Waals surface area contributed by atoms with Gasteiger partial charge in [-0.05, 0) is 46.6 Å². The number of nitrogens with zero attached hydrogens (tertiary/aromatic N) is 4. The summed E-state index contributed by atoms with van der Waals surface area (Å²) in [6, 6.07) is 0.523. The molecule has 0 radical (unpaired) electrons. The highest BCUT2D eigenvalue weighted by atomic mass is 16.2. The van der Waals surface area contributed by atoms with Gasteiger partial charge in [0.2, 0.25) is 5.91 Å². The Labute approximate surface area is 137 Å². The first-order valence-corrected chi connectivity index (χ1v) is 8.54. The van der Waals surface area contributed by atoms with E-state index in [9.17, 15) is 9.59 Å². The molecular formula is C17H26N4O2. The molecule has 0 spiro atoms. The lowest BCUT2D eigenvalue weighted by Crippen LogP contribution is -2.41. The van der Waals surface area contributed by atoms with Crippen molar-refractivity contribution in [2.24, 2.45) is 0 Å². The van der Waals surface area contributed by atoms with Crippen LogP contribution in [-0.4, -0.2) is 63.5 Å². The molecule has 23 heavy (non-hydrogen) atoms. The van der Waals surface area contributed by atoms with E-state index < -0.39 is 0 Å². The molecule has 0 saturated carbocycles. The van der Waals surface area contributed by atoms with E-state index in [1.165, 1.54) is 19.4 Å². The zero-order valence-corrected chi connectivity index (χ0v) is 14.3. The van der Waals surface area contributed by atoms with Gasteiger partial charge >= 0.3 is 0 Å². The van der Waals surface area contributed by atoms with Crippen molar-refractivity contribution in [3.8, 4) is 0 Å². The highest BCUT2D eigenvalue weighted by molar-refractivity contribution is 5.96. The second kappa shape index (κ2) is 6.43. The number of aryl methyl sites for hydroxylation is 1. The van der Waals surface area contributed by atoms with Crippen molar-refractivity contribution in [1.29, 1.82) is 0 Å². The van der Waals surface area contributed by atoms with Crippen molar-refractivity contribution in [3.63, 3.8) is 0 Å². The molecule has 1 aromatic rings. The summed E-state index contributed by atoms with van der Waals surface area (Å²) in [6.07, 6.45) is 3.47. The van der Waals surface area contributed by atoms with E-state index in [2.05, 4.69) is 10.00 Å². The fraction of sp³-hybridized carbons (Fsp3) is 0.706. The standard InChI is InChI=1S/C17H26N4O2/c1-12-17(14(3)22)13(2)21(18-12)11-16(23)20-9-5-8-19-7-4-6-15(19)10-20/h15H,4-11H2,1-3H3/t15-/m1/s1. The average Bonchev–Trinajstić information content (AvgIpc) is 2.96. The van der Waals surface area contributed by atoms with Crippen LogP contribution in [0.15, 0.2) is 0 Å². The van der Waals surface area contributed by atoms with E-state index in [0.29, 0.717) is 17.3 Å². The second-order valence-electron chi connectivity index (χ2n) is 6.78. The van der Waals surface area contributed by atoms with Gasteiger partial charge in [-0.2, -0.15) is 5.10 Å². The summed E-state index contributed by atoms with van der Waals surface area (Å²) in [5.74, 6) is 0.120. The third kappa shape index (κ3) is 3.17. The molecule has 0 N–H and O–H groups in total. The van der Waals surface area contributed by atoms with E-state index in [1.807, 2.05) is 18.7 Å². The lowest BCUT2D eigenvalue weighted by molar-refractivity contribution is -0.132. The number of carbonyl (C=O) groups is 2. The van der Waals surface area contributed by atoms with Crippen LogP contribution in [0.4, 0.5) is 0 Å². The SMILES string of the molecule is CC(=O)c1c(C)nn(CC(=O)N2CCCN3CCC[C@@H]3C2)c1C. The van der Waals surface area contributed by atoms with Crippen LogP contribution in [0.1, 0.15) is 47.9 Å². The molecule has 1 amide bonds. The monoisotopic (exact) mass is 318 g/mol. The van der Waals surface area contributed by atoms with Gasteiger partial charge in [-0.1, -0.05) is 0 Å². The second-order valence-corrected chi connectivity index (χ2v) is 6.78. The molecule has 2 fully saturated rings. The lowest BCUT2D eigenvalue weighted by Gasteiger charge is -2.25. The third-order valence-corrected chi connectivity index (χ3v) is 5.17. The number of Topliss-reactive ketones (excluding diaryl/α,β-unsaturated/α-hetero) is 1. The van der Waals surface area contributed by atoms with E-state index in [-0.39, 0.29) is 18.2 Å². The number of amides is 1. The summed E-state index contributed by atoms with van der Waals surface area (Å²) in [5, 5.41) is 4.39. The topological polar surface area (TPSA) is 58.4 Å². The van der Waals surface area contributed by atoms with Gasteiger partial charge in [0.05, 0.1) is 11.3 Å². The Morgan fingerprint density at radius 2 is 1.91 bits per heavy atom. The minimum absolute atomic E-state index is 0.00932. The van der Waals surface area contributed by atoms with Gasteiger partial charge in [-0.15, -0.1) is 0 Å². The first-order chi connectivity index (χ1) is 11.0. The summed E-state index contributed by atoms with van der Waals surface area (Å²) in [4.78, 5) is 28.9. The number of hydrogen-bond donors (Lipinski definition) is 0. The number of fused-ring (bicyclic) bond motifs is 1. The van der Waals surface area contributed by atoms with Gasteiger partial charge in [0.25, 0.3) is 0 Å². The molecule has 3 rings (SSSR count). The zero-order chi connectivity index (χ0) is 16.6. The molecule has 0 aliphatic carbocycles. The molecule has 0 unspecified atom stereocenters. The fourth-order valence-corrected chi connectivity index (χ4v) is 4.02. The van der Waals surface area contributed by atoms with Crippen molar-refractivity contribution in [2.75, 3.05) is 26.2 Å². The molecule has 2 saturated heterocycles. The van der Waals surface area contributed by atoms with E-state index in [4.69, 9.17) is 0 Å². The Morgan fingerprint density at radius 3 is 2.61 bits per heavy atom. The normalized spacial score (nSPS) is 22.0. The quantitative estimate of drug-likeness (QED) is 0.791. The summed E-state index contributed by atoms with van der Waals surface area (Å²) < 4.78 is 1.69. The predicted octanol–water partition coefficient (Wildman–Crippen LogP) is 1.40. The Balaban J connectivity index is 1.71. The number of aromatic nitrogens is 2. The van der Waals surface area contributed by atoms with Gasteiger partial charge in [-0.25, -0.2) is 0 Å². The van der Waals surface area contributed by atoms with Crippen molar-refractivity contribution in [2.45, 2.75) is 52.6 Å². The number of carbonyl (C=O) groups excluding carboxylic acids is 2. The molecule has 3 heterocycles. The van der Waals surface area contributed by atoms with E-state index in [1.54, 1.807) is 11.6 Å². The first-order valence-electron chi connectivity index (χ1n) is 8.54. The van der Waals surface area contributed by atoms with Crippen LogP contribution in [0.2, 0.25) is 0 Å². The molecule has 1 atom stereocenters. The van der Waals surface area contributed by atoms with Crippen molar-refractivity contribution < 1.29 is 9.59 Å². The smallest absolute Gasteiger partial charge is 0.244 e. The number of hydrogen-bond acceptors (Lipinski definition) is 4. The highest BCUT2D eigenvalue weighted by Crippen LogP contribution is 2.22. The van der Waals surface area contributed by atoms with Crippen LogP contribution in [0.3, 0.4) is 0 Å². The van der Waals surface area contributed by atoms with Crippen LogP contribution in [0.5, 0.6) is 0 Å². The van der Waals surface area contributed by atoms with Crippen LogP contribution in [0, 0.1) is 13.8 Å². The van der Waals surface area contributed by atoms with E-state index >= 15 is 0 Å². The van der Waals surface area contributed by atoms with Crippen LogP contribution in [-0.2, 0) is 11.3 Å². The molecule has 0 bridgehead atoms. The largest absolute Gasteiger partial charge is 0.339 e. The lowest BCUT2D eigenvalue weighted by atomic mass is 10.1. The minimum atomic E-state index is 0.00932. The van der Waals surface area contributed by atoms with Crippen LogP contribution < -0.4 is 0 Å². The molecule has 2 aliphatic rings. The predicted molar refractivity (Wildman–Crippen MR) is 87.5 cm³/mol. The Kier molecular flexibility index (Phi) is 4.53. The van der Waals surface area contributed by atoms with Gasteiger partial charge in [0, 0.05) is 31.4 Å². The minimum Gasteiger partial charge on any atom is -0.339 e. The number of rotatable bonds is 3. The average molecular weight is 318 g/mol. The molecule has 6 nitrogen and oxygen atoms in total. The Morgan fingerprint density at radius 1 is 1.17 bits per heavy atom. The zero-order valence-electron chi connectivity index (χ0n) is 14.3. The fourth-order valence-electron chi connectivity index (χ4n) is 4.02. The van der Waals surface area contributed by atoms with Gasteiger partial charge in [0.1, 0.15) is 6.54 Å². The molecule has 2 aliphatic heterocycles. The molecule has 0 aromatic carbocycles. The number of ketones is 1. The van der Waals surface area contributed by atoms with Crippen LogP contribution >= 0.6 is 0 Å². The van der Waals surface area contributed by atoms with Crippen molar-refractivity contribution >= 4 is 11.7 Å². The van der Waals surface area contributed by atoms with Gasteiger partial charge in [-0.3, -0.25) is 19.2 Å².